The van der Waals surface area contributed by atoms with Crippen LogP contribution in [0, 0.1) is 0 Å². The molecule has 0 rings (SSSR count). The van der Waals surface area contributed by atoms with Crippen molar-refractivity contribution >= 4 is 14.5 Å². The van der Waals surface area contributed by atoms with Crippen LogP contribution in [0.5, 0.6) is 0 Å². The standard InChI is InChI=1S/C8H24P2/c1-9(2,3)7-8-10(4,5)6/h9-10H,7-8H2,1-6H3. The van der Waals surface area contributed by atoms with Crippen molar-refractivity contribution in [1.82, 2.24) is 0 Å². The molecule has 0 radical (unpaired) electrons. The Balaban J connectivity index is 3.56. The van der Waals surface area contributed by atoms with Crippen LogP contribution in [0.25, 0.3) is 0 Å². The zero-order chi connectivity index (χ0) is 8.41. The van der Waals surface area contributed by atoms with Gasteiger partial charge < -0.3 is 0 Å². The van der Waals surface area contributed by atoms with Gasteiger partial charge in [0.05, 0.1) is 0 Å². The first-order valence-electron chi connectivity index (χ1n) is 4.21. The van der Waals surface area contributed by atoms with Gasteiger partial charge in [-0.1, -0.05) is 0 Å². The summed E-state index contributed by atoms with van der Waals surface area (Å²) in [6.45, 7) is 14.8. The summed E-state index contributed by atoms with van der Waals surface area (Å²) in [6, 6.07) is 0. The summed E-state index contributed by atoms with van der Waals surface area (Å²) in [5, 5.41) is 0. The van der Waals surface area contributed by atoms with Crippen molar-refractivity contribution < 1.29 is 0 Å². The van der Waals surface area contributed by atoms with Crippen LogP contribution in [-0.2, 0) is 0 Å². The molecule has 0 aromatic heterocycles. The molecular weight excluding hydrogens is 158 g/mol. The zero-order valence-corrected chi connectivity index (χ0v) is 10.4. The Morgan fingerprint density at radius 2 is 0.800 bits per heavy atom. The first kappa shape index (κ1) is 10.9. The summed E-state index contributed by atoms with van der Waals surface area (Å²) in [5.41, 5.74) is 0. The van der Waals surface area contributed by atoms with Crippen molar-refractivity contribution in [2.75, 3.05) is 52.3 Å². The monoisotopic (exact) mass is 182 g/mol. The molecule has 0 aliphatic heterocycles. The minimum atomic E-state index is -0.732. The molecule has 0 saturated carbocycles. The number of hydrogen-bond acceptors (Lipinski definition) is 0. The van der Waals surface area contributed by atoms with E-state index in [0.29, 0.717) is 0 Å². The number of rotatable bonds is 3. The molecule has 0 spiro atoms. The van der Waals surface area contributed by atoms with Crippen LogP contribution in [0.15, 0.2) is 0 Å². The third-order valence-electron chi connectivity index (χ3n) is 1.62. The Morgan fingerprint density at radius 3 is 0.900 bits per heavy atom. The topological polar surface area (TPSA) is 0 Å². The van der Waals surface area contributed by atoms with E-state index < -0.39 is 14.5 Å². The second-order valence-electron chi connectivity index (χ2n) is 5.62. The SMILES string of the molecule is C[PH](C)(C)CC[PH](C)(C)C. The molecule has 0 saturated heterocycles. The predicted octanol–water partition coefficient (Wildman–Crippen LogP) is 2.26. The van der Waals surface area contributed by atoms with Crippen molar-refractivity contribution in [2.45, 2.75) is 0 Å². The van der Waals surface area contributed by atoms with Crippen molar-refractivity contribution in [3.63, 3.8) is 0 Å². The maximum atomic E-state index is 2.47. The molecule has 0 aliphatic carbocycles. The predicted molar refractivity (Wildman–Crippen MR) is 61.9 cm³/mol. The van der Waals surface area contributed by atoms with Gasteiger partial charge in [0, 0.05) is 0 Å². The molecule has 0 aromatic carbocycles. The Bertz CT molecular complexity index is 80.8. The zero-order valence-electron chi connectivity index (χ0n) is 8.41. The van der Waals surface area contributed by atoms with E-state index >= 15 is 0 Å². The van der Waals surface area contributed by atoms with Gasteiger partial charge in [-0.3, -0.25) is 0 Å². The van der Waals surface area contributed by atoms with E-state index in [1.807, 2.05) is 0 Å². The summed E-state index contributed by atoms with van der Waals surface area (Å²) in [7, 11) is -1.46. The Kier molecular flexibility index (Phi) is 3.81. The van der Waals surface area contributed by atoms with Crippen LogP contribution >= 0.6 is 14.5 Å². The summed E-state index contributed by atoms with van der Waals surface area (Å²) in [4.78, 5) is 0. The molecule has 0 atom stereocenters. The van der Waals surface area contributed by atoms with E-state index in [0.717, 1.165) is 0 Å². The average Bonchev–Trinajstić information content (AvgIpc) is 1.57. The van der Waals surface area contributed by atoms with Crippen molar-refractivity contribution in [3.8, 4) is 0 Å². The Labute approximate surface area is 67.5 Å². The second kappa shape index (κ2) is 3.51. The summed E-state index contributed by atoms with van der Waals surface area (Å²) >= 11 is 0. The fourth-order valence-corrected chi connectivity index (χ4v) is 6.75. The Hall–Kier alpha value is 0.860. The fourth-order valence-electron chi connectivity index (χ4n) is 0.750. The van der Waals surface area contributed by atoms with Gasteiger partial charge in [0.15, 0.2) is 0 Å². The third-order valence-corrected chi connectivity index (χ3v) is 5.62. The molecule has 0 amide bonds. The number of hydrogen-bond donors (Lipinski definition) is 0. The van der Waals surface area contributed by atoms with E-state index in [4.69, 9.17) is 0 Å². The molecule has 0 N–H and O–H groups in total. The fraction of sp³-hybridized carbons (Fsp3) is 1.00. The molecular formula is C8H24P2. The van der Waals surface area contributed by atoms with Crippen LogP contribution in [0.4, 0.5) is 0 Å². The molecule has 0 nitrogen and oxygen atoms in total. The molecule has 10 heavy (non-hydrogen) atoms. The Morgan fingerprint density at radius 1 is 0.600 bits per heavy atom. The van der Waals surface area contributed by atoms with Gasteiger partial charge in [0.1, 0.15) is 0 Å². The van der Waals surface area contributed by atoms with Gasteiger partial charge in [-0.25, -0.2) is 0 Å². The van der Waals surface area contributed by atoms with Gasteiger partial charge in [0.2, 0.25) is 0 Å². The maximum absolute atomic E-state index is 2.47. The van der Waals surface area contributed by atoms with E-state index in [-0.39, 0.29) is 0 Å². The van der Waals surface area contributed by atoms with E-state index in [9.17, 15) is 0 Å². The molecule has 0 heterocycles. The molecule has 0 fully saturated rings. The van der Waals surface area contributed by atoms with Crippen LogP contribution in [0.1, 0.15) is 0 Å². The molecule has 0 unspecified atom stereocenters. The first-order chi connectivity index (χ1) is 4.21. The van der Waals surface area contributed by atoms with Crippen molar-refractivity contribution in [1.29, 1.82) is 0 Å². The molecule has 0 bridgehead atoms. The van der Waals surface area contributed by atoms with Gasteiger partial charge in [-0.05, 0) is 0 Å². The molecule has 0 aliphatic rings. The van der Waals surface area contributed by atoms with E-state index in [2.05, 4.69) is 40.0 Å². The van der Waals surface area contributed by atoms with Crippen molar-refractivity contribution in [2.24, 2.45) is 0 Å². The molecule has 66 valence electrons. The van der Waals surface area contributed by atoms with E-state index in [1.165, 1.54) is 12.3 Å². The first-order valence-corrected chi connectivity index (χ1v) is 11.6. The summed E-state index contributed by atoms with van der Waals surface area (Å²) in [5.74, 6) is 0. The summed E-state index contributed by atoms with van der Waals surface area (Å²) in [6.07, 6.45) is 3.06. The summed E-state index contributed by atoms with van der Waals surface area (Å²) < 4.78 is 0. The van der Waals surface area contributed by atoms with Gasteiger partial charge in [0.25, 0.3) is 0 Å². The average molecular weight is 182 g/mol. The van der Waals surface area contributed by atoms with Gasteiger partial charge in [-0.15, -0.1) is 0 Å². The van der Waals surface area contributed by atoms with Crippen LogP contribution < -0.4 is 0 Å². The van der Waals surface area contributed by atoms with Gasteiger partial charge in [-0.2, -0.15) is 0 Å². The van der Waals surface area contributed by atoms with E-state index in [1.54, 1.807) is 0 Å². The van der Waals surface area contributed by atoms with Crippen LogP contribution in [0.3, 0.4) is 0 Å². The van der Waals surface area contributed by atoms with Crippen molar-refractivity contribution in [3.05, 3.63) is 0 Å². The third kappa shape index (κ3) is 8.86. The quantitative estimate of drug-likeness (QED) is 0.587. The van der Waals surface area contributed by atoms with Gasteiger partial charge >= 0.3 is 66.8 Å². The van der Waals surface area contributed by atoms with Crippen LogP contribution in [-0.4, -0.2) is 52.3 Å². The minimum absolute atomic E-state index is 0.732. The molecule has 2 heteroatoms. The second-order valence-corrected chi connectivity index (χ2v) is 16.9. The normalized spacial score (nSPS) is 17.0. The van der Waals surface area contributed by atoms with Crippen LogP contribution in [0.2, 0.25) is 0 Å². The molecule has 0 aromatic rings.